The van der Waals surface area contributed by atoms with Crippen LogP contribution in [-0.2, 0) is 6.54 Å². The van der Waals surface area contributed by atoms with Crippen LogP contribution in [0.4, 0.5) is 5.13 Å². The molecule has 84 valence electrons. The molecule has 1 aromatic carbocycles. The van der Waals surface area contributed by atoms with Gasteiger partial charge in [0.15, 0.2) is 0 Å². The van der Waals surface area contributed by atoms with Crippen LogP contribution < -0.4 is 5.32 Å². The Morgan fingerprint density at radius 2 is 2.12 bits per heavy atom. The molecule has 0 fully saturated rings. The topological polar surface area (TPSA) is 50.7 Å². The van der Waals surface area contributed by atoms with Crippen LogP contribution >= 0.6 is 11.3 Å². The first kappa shape index (κ1) is 10.2. The zero-order valence-corrected chi connectivity index (χ0v) is 9.81. The summed E-state index contributed by atoms with van der Waals surface area (Å²) in [5.41, 5.74) is 2.88. The maximum Gasteiger partial charge on any atom is 0.205 e. The number of aromatic nitrogens is 3. The lowest BCUT2D eigenvalue weighted by Gasteiger charge is -2.06. The van der Waals surface area contributed by atoms with Crippen molar-refractivity contribution in [2.75, 3.05) is 5.32 Å². The normalized spacial score (nSPS) is 10.6. The number of hydrogen-bond donors (Lipinski definition) is 1. The Morgan fingerprint density at radius 1 is 1.18 bits per heavy atom. The van der Waals surface area contributed by atoms with Gasteiger partial charge in [0.1, 0.15) is 5.51 Å². The van der Waals surface area contributed by atoms with Gasteiger partial charge in [0.2, 0.25) is 5.13 Å². The Balaban J connectivity index is 1.90. The smallest absolute Gasteiger partial charge is 0.205 e. The summed E-state index contributed by atoms with van der Waals surface area (Å²) in [5.74, 6) is 0. The molecular weight excluding hydrogens is 232 g/mol. The molecule has 17 heavy (non-hydrogen) atoms. The highest BCUT2D eigenvalue weighted by Gasteiger charge is 2.02. The number of pyridine rings is 1. The second kappa shape index (κ2) is 4.47. The van der Waals surface area contributed by atoms with Crippen LogP contribution in [-0.4, -0.2) is 15.2 Å². The molecule has 0 spiro atoms. The molecule has 4 nitrogen and oxygen atoms in total. The zero-order valence-electron chi connectivity index (χ0n) is 9.00. The fourth-order valence-electron chi connectivity index (χ4n) is 1.74. The van der Waals surface area contributed by atoms with Crippen LogP contribution in [0.2, 0.25) is 0 Å². The Bertz CT molecular complexity index is 616. The molecule has 0 atom stereocenters. The van der Waals surface area contributed by atoms with Gasteiger partial charge in [-0.05, 0) is 10.9 Å². The summed E-state index contributed by atoms with van der Waals surface area (Å²) in [6.07, 6.45) is 3.76. The van der Waals surface area contributed by atoms with Crippen molar-refractivity contribution in [1.29, 1.82) is 0 Å². The SMILES string of the molecule is c1ccc2c(CNc3nncs3)cncc2c1. The van der Waals surface area contributed by atoms with Gasteiger partial charge in [0.25, 0.3) is 0 Å². The molecule has 2 aromatic heterocycles. The summed E-state index contributed by atoms with van der Waals surface area (Å²) in [6, 6.07) is 8.23. The molecule has 3 aromatic rings. The summed E-state index contributed by atoms with van der Waals surface area (Å²) in [4.78, 5) is 4.24. The highest BCUT2D eigenvalue weighted by Crippen LogP contribution is 2.18. The quantitative estimate of drug-likeness (QED) is 0.767. The summed E-state index contributed by atoms with van der Waals surface area (Å²) < 4.78 is 0. The van der Waals surface area contributed by atoms with Gasteiger partial charge in [-0.1, -0.05) is 35.6 Å². The van der Waals surface area contributed by atoms with Crippen molar-refractivity contribution in [3.05, 3.63) is 47.7 Å². The van der Waals surface area contributed by atoms with E-state index in [1.54, 1.807) is 5.51 Å². The number of benzene rings is 1. The predicted molar refractivity (Wildman–Crippen MR) is 69.0 cm³/mol. The van der Waals surface area contributed by atoms with E-state index in [2.05, 4.69) is 32.6 Å². The first-order valence-corrected chi connectivity index (χ1v) is 6.13. The third-order valence-corrected chi connectivity index (χ3v) is 3.19. The van der Waals surface area contributed by atoms with Gasteiger partial charge in [-0.15, -0.1) is 10.2 Å². The van der Waals surface area contributed by atoms with Crippen molar-refractivity contribution >= 4 is 27.2 Å². The second-order valence-electron chi connectivity index (χ2n) is 3.62. The maximum atomic E-state index is 4.24. The predicted octanol–water partition coefficient (Wildman–Crippen LogP) is 2.70. The van der Waals surface area contributed by atoms with Crippen LogP contribution in [0, 0.1) is 0 Å². The zero-order chi connectivity index (χ0) is 11.5. The lowest BCUT2D eigenvalue weighted by Crippen LogP contribution is -2.00. The highest BCUT2D eigenvalue weighted by atomic mass is 32.1. The fraction of sp³-hybridized carbons (Fsp3) is 0.0833. The largest absolute Gasteiger partial charge is 0.356 e. The van der Waals surface area contributed by atoms with Crippen molar-refractivity contribution in [3.63, 3.8) is 0 Å². The molecule has 1 N–H and O–H groups in total. The first-order valence-electron chi connectivity index (χ1n) is 5.25. The Labute approximate surface area is 102 Å². The van der Waals surface area contributed by atoms with Crippen LogP contribution in [0.25, 0.3) is 10.8 Å². The van der Waals surface area contributed by atoms with Crippen molar-refractivity contribution in [1.82, 2.24) is 15.2 Å². The minimum Gasteiger partial charge on any atom is -0.356 e. The van der Waals surface area contributed by atoms with E-state index in [1.165, 1.54) is 22.3 Å². The van der Waals surface area contributed by atoms with E-state index in [-0.39, 0.29) is 0 Å². The minimum absolute atomic E-state index is 0.712. The number of nitrogens with one attached hydrogen (secondary N) is 1. The fourth-order valence-corrected chi connectivity index (χ4v) is 2.18. The maximum absolute atomic E-state index is 4.24. The molecule has 2 heterocycles. The Hall–Kier alpha value is -2.01. The van der Waals surface area contributed by atoms with Gasteiger partial charge >= 0.3 is 0 Å². The van der Waals surface area contributed by atoms with Gasteiger partial charge in [-0.2, -0.15) is 0 Å². The molecule has 0 radical (unpaired) electrons. The molecule has 0 aliphatic carbocycles. The van der Waals surface area contributed by atoms with E-state index in [4.69, 9.17) is 0 Å². The third kappa shape index (κ3) is 2.09. The number of rotatable bonds is 3. The average molecular weight is 242 g/mol. The van der Waals surface area contributed by atoms with Gasteiger partial charge in [0.05, 0.1) is 0 Å². The molecule has 0 bridgehead atoms. The monoisotopic (exact) mass is 242 g/mol. The molecule has 0 aliphatic heterocycles. The van der Waals surface area contributed by atoms with Gasteiger partial charge in [-0.25, -0.2) is 0 Å². The molecule has 3 rings (SSSR count). The van der Waals surface area contributed by atoms with Crippen molar-refractivity contribution < 1.29 is 0 Å². The van der Waals surface area contributed by atoms with E-state index in [0.29, 0.717) is 6.54 Å². The lowest BCUT2D eigenvalue weighted by atomic mass is 10.1. The van der Waals surface area contributed by atoms with Crippen molar-refractivity contribution in [2.24, 2.45) is 0 Å². The van der Waals surface area contributed by atoms with Crippen molar-refractivity contribution in [2.45, 2.75) is 6.54 Å². The van der Waals surface area contributed by atoms with Crippen LogP contribution in [0.15, 0.2) is 42.2 Å². The van der Waals surface area contributed by atoms with Gasteiger partial charge in [0, 0.05) is 24.3 Å². The number of nitrogens with zero attached hydrogens (tertiary/aromatic N) is 3. The first-order chi connectivity index (χ1) is 8.43. The van der Waals surface area contributed by atoms with Crippen LogP contribution in [0.3, 0.4) is 0 Å². The minimum atomic E-state index is 0.712. The molecule has 0 saturated heterocycles. The second-order valence-corrected chi connectivity index (χ2v) is 4.45. The van der Waals surface area contributed by atoms with Gasteiger partial charge < -0.3 is 5.32 Å². The summed E-state index contributed by atoms with van der Waals surface area (Å²) >= 11 is 1.49. The molecule has 0 saturated carbocycles. The van der Waals surface area contributed by atoms with Crippen LogP contribution in [0.5, 0.6) is 0 Å². The van der Waals surface area contributed by atoms with Crippen LogP contribution in [0.1, 0.15) is 5.56 Å². The van der Waals surface area contributed by atoms with E-state index in [0.717, 1.165) is 10.5 Å². The number of hydrogen-bond acceptors (Lipinski definition) is 5. The number of fused-ring (bicyclic) bond motifs is 1. The molecule has 5 heteroatoms. The summed E-state index contributed by atoms with van der Waals surface area (Å²) in [6.45, 7) is 0.712. The Morgan fingerprint density at radius 3 is 3.00 bits per heavy atom. The third-order valence-electron chi connectivity index (χ3n) is 2.54. The highest BCUT2D eigenvalue weighted by molar-refractivity contribution is 7.13. The lowest BCUT2D eigenvalue weighted by molar-refractivity contribution is 1.05. The molecule has 0 unspecified atom stereocenters. The van der Waals surface area contributed by atoms with Gasteiger partial charge in [-0.3, -0.25) is 4.98 Å². The molecular formula is C12H10N4S. The van der Waals surface area contributed by atoms with E-state index >= 15 is 0 Å². The van der Waals surface area contributed by atoms with E-state index < -0.39 is 0 Å². The van der Waals surface area contributed by atoms with Crippen molar-refractivity contribution in [3.8, 4) is 0 Å². The summed E-state index contributed by atoms with van der Waals surface area (Å²) in [5, 5.41) is 14.2. The Kier molecular flexibility index (Phi) is 2.67. The molecule has 0 aliphatic rings. The summed E-state index contributed by atoms with van der Waals surface area (Å²) in [7, 11) is 0. The molecule has 0 amide bonds. The number of anilines is 1. The van der Waals surface area contributed by atoms with E-state index in [1.807, 2.05) is 24.5 Å². The average Bonchev–Trinajstić information content (AvgIpc) is 2.89. The standard InChI is InChI=1S/C12H10N4S/c1-2-4-11-9(3-1)5-13-6-10(11)7-14-12-16-15-8-17-12/h1-6,8H,7H2,(H,14,16). The van der Waals surface area contributed by atoms with E-state index in [9.17, 15) is 0 Å².